The van der Waals surface area contributed by atoms with Gasteiger partial charge in [0.15, 0.2) is 0 Å². The molecule has 2 N–H and O–H groups in total. The van der Waals surface area contributed by atoms with Gasteiger partial charge in [0.2, 0.25) is 5.95 Å². The molecule has 0 saturated heterocycles. The number of aromatic nitrogens is 3. The molecule has 6 heteroatoms. The van der Waals surface area contributed by atoms with Gasteiger partial charge < -0.3 is 4.74 Å². The average Bonchev–Trinajstić information content (AvgIpc) is 2.90. The highest BCUT2D eigenvalue weighted by atomic mass is 16.5. The molecule has 2 rings (SSSR count). The number of amides is 1. The zero-order chi connectivity index (χ0) is 12.8. The van der Waals surface area contributed by atoms with E-state index in [1.807, 2.05) is 24.3 Å². The summed E-state index contributed by atoms with van der Waals surface area (Å²) in [5.41, 5.74) is 0.906. The van der Waals surface area contributed by atoms with Crippen LogP contribution in [0.4, 0.5) is 5.95 Å². The Morgan fingerprint density at radius 1 is 1.39 bits per heavy atom. The van der Waals surface area contributed by atoms with Gasteiger partial charge in [0.25, 0.3) is 5.91 Å². The van der Waals surface area contributed by atoms with Crippen LogP contribution in [0.2, 0.25) is 0 Å². The minimum atomic E-state index is -0.275. The number of nitrogens with zero attached hydrogens (tertiary/aromatic N) is 2. The summed E-state index contributed by atoms with van der Waals surface area (Å²) in [5.74, 6) is 0.820. The Balaban J connectivity index is 1.95. The van der Waals surface area contributed by atoms with E-state index in [0.717, 1.165) is 11.3 Å². The maximum Gasteiger partial charge on any atom is 0.250 e. The van der Waals surface area contributed by atoms with Gasteiger partial charge in [-0.1, -0.05) is 12.1 Å². The number of hydrogen-bond donors (Lipinski definition) is 2. The van der Waals surface area contributed by atoms with Crippen LogP contribution in [0.25, 0.3) is 6.08 Å². The number of H-pyrrole nitrogens is 1. The van der Waals surface area contributed by atoms with Gasteiger partial charge in [-0.3, -0.25) is 10.1 Å². The molecule has 0 aliphatic rings. The van der Waals surface area contributed by atoms with Crippen molar-refractivity contribution in [3.8, 4) is 5.75 Å². The lowest BCUT2D eigenvalue weighted by atomic mass is 10.2. The second-order valence-corrected chi connectivity index (χ2v) is 3.43. The molecule has 0 aliphatic heterocycles. The number of hydrogen-bond acceptors (Lipinski definition) is 4. The highest BCUT2D eigenvalue weighted by Gasteiger charge is 1.99. The fourth-order valence-corrected chi connectivity index (χ4v) is 1.31. The molecule has 1 amide bonds. The number of nitrogens with one attached hydrogen (secondary N) is 2. The Labute approximate surface area is 104 Å². The second kappa shape index (κ2) is 5.62. The van der Waals surface area contributed by atoms with E-state index in [-0.39, 0.29) is 5.91 Å². The van der Waals surface area contributed by atoms with Crippen molar-refractivity contribution in [1.82, 2.24) is 15.2 Å². The molecule has 92 valence electrons. The number of methoxy groups -OCH3 is 1. The first-order chi connectivity index (χ1) is 8.78. The van der Waals surface area contributed by atoms with Crippen molar-refractivity contribution in [2.45, 2.75) is 0 Å². The quantitative estimate of drug-likeness (QED) is 0.798. The van der Waals surface area contributed by atoms with Gasteiger partial charge in [0.05, 0.1) is 7.11 Å². The average molecular weight is 244 g/mol. The number of anilines is 1. The zero-order valence-corrected chi connectivity index (χ0v) is 9.75. The fourth-order valence-electron chi connectivity index (χ4n) is 1.31. The Hall–Kier alpha value is -2.63. The van der Waals surface area contributed by atoms with Crippen LogP contribution in [-0.4, -0.2) is 28.2 Å². The molecule has 2 aromatic rings. The highest BCUT2D eigenvalue weighted by Crippen LogP contribution is 2.12. The lowest BCUT2D eigenvalue weighted by Crippen LogP contribution is -2.08. The maximum atomic E-state index is 11.5. The summed E-state index contributed by atoms with van der Waals surface area (Å²) < 4.78 is 5.04. The maximum absolute atomic E-state index is 11.5. The van der Waals surface area contributed by atoms with Crippen LogP contribution in [0.3, 0.4) is 0 Å². The standard InChI is InChI=1S/C12H12N4O2/c1-18-10-5-2-9(3-6-10)4-7-11(17)15-12-13-8-14-16-12/h2-8H,1H3,(H2,13,14,15,16,17)/b7-4+. The molecule has 18 heavy (non-hydrogen) atoms. The van der Waals surface area contributed by atoms with Gasteiger partial charge in [-0.2, -0.15) is 10.1 Å². The normalized spacial score (nSPS) is 10.5. The van der Waals surface area contributed by atoms with Crippen LogP contribution in [0.5, 0.6) is 5.75 Å². The number of rotatable bonds is 4. The van der Waals surface area contributed by atoms with Gasteiger partial charge >= 0.3 is 0 Å². The molecule has 0 spiro atoms. The molecule has 1 aromatic carbocycles. The highest BCUT2D eigenvalue weighted by molar-refractivity contribution is 6.00. The van der Waals surface area contributed by atoms with Crippen LogP contribution < -0.4 is 10.1 Å². The lowest BCUT2D eigenvalue weighted by molar-refractivity contribution is -0.111. The molecule has 1 heterocycles. The molecule has 0 aliphatic carbocycles. The van der Waals surface area contributed by atoms with E-state index in [1.54, 1.807) is 13.2 Å². The van der Waals surface area contributed by atoms with Gasteiger partial charge in [-0.05, 0) is 23.8 Å². The number of ether oxygens (including phenoxy) is 1. The summed E-state index contributed by atoms with van der Waals surface area (Å²) in [6, 6.07) is 7.37. The van der Waals surface area contributed by atoms with Crippen molar-refractivity contribution in [1.29, 1.82) is 0 Å². The van der Waals surface area contributed by atoms with Crippen molar-refractivity contribution >= 4 is 17.9 Å². The number of carbonyl (C=O) groups excluding carboxylic acids is 1. The number of benzene rings is 1. The van der Waals surface area contributed by atoms with Crippen molar-refractivity contribution in [3.63, 3.8) is 0 Å². The molecular formula is C12H12N4O2. The molecule has 0 bridgehead atoms. The largest absolute Gasteiger partial charge is 0.497 e. The third-order valence-corrected chi connectivity index (χ3v) is 2.20. The summed E-state index contributed by atoms with van der Waals surface area (Å²) in [6.07, 6.45) is 4.44. The monoisotopic (exact) mass is 244 g/mol. The summed E-state index contributed by atoms with van der Waals surface area (Å²) in [6.45, 7) is 0. The first-order valence-corrected chi connectivity index (χ1v) is 5.26. The number of carbonyl (C=O) groups is 1. The van der Waals surface area contributed by atoms with Gasteiger partial charge in [0, 0.05) is 6.08 Å². The predicted molar refractivity (Wildman–Crippen MR) is 67.0 cm³/mol. The molecule has 0 saturated carbocycles. The van der Waals surface area contributed by atoms with Gasteiger partial charge in [-0.15, -0.1) is 0 Å². The minimum Gasteiger partial charge on any atom is -0.497 e. The van der Waals surface area contributed by atoms with Crippen LogP contribution in [-0.2, 0) is 4.79 Å². The third-order valence-electron chi connectivity index (χ3n) is 2.20. The topological polar surface area (TPSA) is 79.9 Å². The van der Waals surface area contributed by atoms with E-state index in [1.165, 1.54) is 12.4 Å². The molecular weight excluding hydrogens is 232 g/mol. The van der Waals surface area contributed by atoms with Crippen molar-refractivity contribution < 1.29 is 9.53 Å². The first-order valence-electron chi connectivity index (χ1n) is 5.26. The molecule has 6 nitrogen and oxygen atoms in total. The molecule has 0 fully saturated rings. The molecule has 0 atom stereocenters. The smallest absolute Gasteiger partial charge is 0.250 e. The van der Waals surface area contributed by atoms with Crippen LogP contribution in [0, 0.1) is 0 Å². The summed E-state index contributed by atoms with van der Waals surface area (Å²) in [5, 5.41) is 8.70. The van der Waals surface area contributed by atoms with Crippen molar-refractivity contribution in [3.05, 3.63) is 42.2 Å². The van der Waals surface area contributed by atoms with Crippen molar-refractivity contribution in [2.24, 2.45) is 0 Å². The van der Waals surface area contributed by atoms with Gasteiger partial charge in [0.1, 0.15) is 12.1 Å². The van der Waals surface area contributed by atoms with E-state index < -0.39 is 0 Å². The van der Waals surface area contributed by atoms with Crippen LogP contribution in [0.15, 0.2) is 36.7 Å². The Kier molecular flexibility index (Phi) is 3.70. The minimum absolute atomic E-state index is 0.275. The summed E-state index contributed by atoms with van der Waals surface area (Å²) >= 11 is 0. The molecule has 0 radical (unpaired) electrons. The van der Waals surface area contributed by atoms with Gasteiger partial charge in [-0.25, -0.2) is 5.10 Å². The van der Waals surface area contributed by atoms with E-state index in [4.69, 9.17) is 4.74 Å². The Morgan fingerprint density at radius 2 is 2.17 bits per heavy atom. The van der Waals surface area contributed by atoms with E-state index in [2.05, 4.69) is 20.5 Å². The Bertz CT molecular complexity index is 532. The fraction of sp³-hybridized carbons (Fsp3) is 0.0833. The van der Waals surface area contributed by atoms with E-state index in [0.29, 0.717) is 5.95 Å². The van der Waals surface area contributed by atoms with E-state index >= 15 is 0 Å². The second-order valence-electron chi connectivity index (χ2n) is 3.43. The lowest BCUT2D eigenvalue weighted by Gasteiger charge is -1.99. The Morgan fingerprint density at radius 3 is 2.78 bits per heavy atom. The van der Waals surface area contributed by atoms with Crippen molar-refractivity contribution in [2.75, 3.05) is 12.4 Å². The van der Waals surface area contributed by atoms with Crippen LogP contribution in [0.1, 0.15) is 5.56 Å². The predicted octanol–water partition coefficient (Wildman–Crippen LogP) is 1.47. The molecule has 0 unspecified atom stereocenters. The summed E-state index contributed by atoms with van der Waals surface area (Å²) in [7, 11) is 1.61. The number of aromatic amines is 1. The molecule has 1 aromatic heterocycles. The third kappa shape index (κ3) is 3.18. The van der Waals surface area contributed by atoms with Crippen LogP contribution >= 0.6 is 0 Å². The zero-order valence-electron chi connectivity index (χ0n) is 9.75. The van der Waals surface area contributed by atoms with E-state index in [9.17, 15) is 4.79 Å². The first kappa shape index (κ1) is 11.8. The SMILES string of the molecule is COc1ccc(/C=C/C(=O)Nc2ncn[nH]2)cc1. The summed E-state index contributed by atoms with van der Waals surface area (Å²) in [4.78, 5) is 15.3.